The van der Waals surface area contributed by atoms with Gasteiger partial charge in [-0.2, -0.15) is 0 Å². The number of amides is 4. The van der Waals surface area contributed by atoms with Crippen LogP contribution in [-0.2, 0) is 24.5 Å². The highest BCUT2D eigenvalue weighted by atomic mass is 32.2. The quantitative estimate of drug-likeness (QED) is 0.165. The number of carbonyl (C=O) groups is 4. The largest absolute Gasteiger partial charge is 0.444 e. The van der Waals surface area contributed by atoms with Gasteiger partial charge < -0.3 is 20.7 Å². The van der Waals surface area contributed by atoms with Crippen LogP contribution < -0.4 is 15.8 Å². The molecule has 0 aliphatic rings. The summed E-state index contributed by atoms with van der Waals surface area (Å²) < 4.78 is 8.41. The summed E-state index contributed by atoms with van der Waals surface area (Å²) in [5.41, 5.74) is 5.32. The minimum absolute atomic E-state index is 0.143. The van der Waals surface area contributed by atoms with Crippen LogP contribution in [-0.4, -0.2) is 71.9 Å². The zero-order valence-electron chi connectivity index (χ0n) is 29.1. The van der Waals surface area contributed by atoms with Crippen LogP contribution >= 0.6 is 11.9 Å². The summed E-state index contributed by atoms with van der Waals surface area (Å²) in [6, 6.07) is 14.6. The highest BCUT2D eigenvalue weighted by molar-refractivity contribution is 7.98. The van der Waals surface area contributed by atoms with Crippen molar-refractivity contribution >= 4 is 41.5 Å². The lowest BCUT2D eigenvalue weighted by Crippen LogP contribution is -2.62. The average molecular weight is 654 g/mol. The molecule has 0 bridgehead atoms. The predicted octanol–water partition coefficient (Wildman–Crippen LogP) is 5.54. The molecule has 11 heteroatoms. The van der Waals surface area contributed by atoms with Crippen LogP contribution in [0.25, 0.3) is 0 Å². The predicted molar refractivity (Wildman–Crippen MR) is 185 cm³/mol. The Morgan fingerprint density at radius 2 is 1.48 bits per heavy atom. The Balaban J connectivity index is 2.28. The lowest BCUT2D eigenvalue weighted by atomic mass is 9.76. The number of nitrogens with zero attached hydrogens (tertiary/aromatic N) is 2. The number of hydrogen-bond donors (Lipinski definition) is 3. The second-order valence-corrected chi connectivity index (χ2v) is 15.0. The van der Waals surface area contributed by atoms with Crippen molar-refractivity contribution in [1.82, 2.24) is 19.8 Å². The summed E-state index contributed by atoms with van der Waals surface area (Å²) in [6.07, 6.45) is 1.01. The molecule has 46 heavy (non-hydrogen) atoms. The molecule has 4 N–H and O–H groups in total. The summed E-state index contributed by atoms with van der Waals surface area (Å²) >= 11 is 1.17. The second-order valence-electron chi connectivity index (χ2n) is 14.1. The highest BCUT2D eigenvalue weighted by Crippen LogP contribution is 2.32. The Morgan fingerprint density at radius 1 is 0.913 bits per heavy atom. The molecule has 2 atom stereocenters. The van der Waals surface area contributed by atoms with E-state index in [-0.39, 0.29) is 18.4 Å². The van der Waals surface area contributed by atoms with E-state index in [0.29, 0.717) is 11.3 Å². The Labute approximate surface area is 278 Å². The van der Waals surface area contributed by atoms with Gasteiger partial charge in [0.15, 0.2) is 0 Å². The van der Waals surface area contributed by atoms with E-state index < -0.39 is 40.5 Å². The molecule has 10 nitrogen and oxygen atoms in total. The monoisotopic (exact) mass is 653 g/mol. The molecule has 4 amide bonds. The maximum atomic E-state index is 14.2. The molecule has 0 aliphatic carbocycles. The van der Waals surface area contributed by atoms with E-state index in [1.165, 1.54) is 28.8 Å². The number of likely N-dealkylation sites (N-methyl/N-ethyl adjacent to an activating group) is 2. The standard InChI is InChI=1S/C35H51N5O5S/c1-23(29(41)38-46-26-19-17-25(36)18-20-26)21-22-39(10)31(43)27(33(2,3)4)37-30(42)28(40(11)32(44)45-34(5,6)7)35(8,9)24-15-13-12-14-16-24/h12-21,27-28H,22,36H2,1-11H3,(H,37,42)(H,38,41)/b23-21+. The lowest BCUT2D eigenvalue weighted by Gasteiger charge is -2.42. The first-order valence-corrected chi connectivity index (χ1v) is 16.0. The van der Waals surface area contributed by atoms with Crippen LogP contribution in [0, 0.1) is 5.41 Å². The Hall–Kier alpha value is -3.99. The van der Waals surface area contributed by atoms with Gasteiger partial charge in [0.1, 0.15) is 17.7 Å². The highest BCUT2D eigenvalue weighted by Gasteiger charge is 2.45. The van der Waals surface area contributed by atoms with Crippen LogP contribution in [0.4, 0.5) is 10.5 Å². The van der Waals surface area contributed by atoms with Crippen LogP contribution in [0.1, 0.15) is 67.9 Å². The van der Waals surface area contributed by atoms with Crippen molar-refractivity contribution in [3.8, 4) is 0 Å². The van der Waals surface area contributed by atoms with Gasteiger partial charge in [-0.15, -0.1) is 0 Å². The van der Waals surface area contributed by atoms with Crippen molar-refractivity contribution in [3.63, 3.8) is 0 Å². The van der Waals surface area contributed by atoms with E-state index in [2.05, 4.69) is 10.0 Å². The molecule has 0 fully saturated rings. The zero-order valence-corrected chi connectivity index (χ0v) is 29.9. The maximum absolute atomic E-state index is 14.2. The van der Waals surface area contributed by atoms with E-state index in [1.807, 2.05) is 77.1 Å². The minimum Gasteiger partial charge on any atom is -0.444 e. The molecule has 0 heterocycles. The number of ether oxygens (including phenoxy) is 1. The molecule has 252 valence electrons. The van der Waals surface area contributed by atoms with Crippen molar-refractivity contribution in [2.45, 2.75) is 90.3 Å². The van der Waals surface area contributed by atoms with Crippen molar-refractivity contribution < 1.29 is 23.9 Å². The SMILES string of the molecule is C/C(=C\CN(C)C(=O)C(NC(=O)C(N(C)C(=O)OC(C)(C)C)C(C)(C)c1ccccc1)C(C)(C)C)C(=O)NSc1ccc(N)cc1. The van der Waals surface area contributed by atoms with E-state index in [9.17, 15) is 19.2 Å². The molecule has 0 aliphatic heterocycles. The lowest BCUT2D eigenvalue weighted by molar-refractivity contribution is -0.140. The molecular weight excluding hydrogens is 602 g/mol. The Bertz CT molecular complexity index is 1400. The first-order valence-electron chi connectivity index (χ1n) is 15.2. The number of nitrogens with two attached hydrogens (primary N) is 1. The van der Waals surface area contributed by atoms with Gasteiger partial charge in [0, 0.05) is 42.2 Å². The summed E-state index contributed by atoms with van der Waals surface area (Å²) in [4.78, 5) is 57.6. The summed E-state index contributed by atoms with van der Waals surface area (Å²) in [5, 5.41) is 2.97. The summed E-state index contributed by atoms with van der Waals surface area (Å²) in [6.45, 7) is 16.5. The van der Waals surface area contributed by atoms with E-state index >= 15 is 0 Å². The van der Waals surface area contributed by atoms with Gasteiger partial charge in [0.25, 0.3) is 5.91 Å². The topological polar surface area (TPSA) is 134 Å². The fourth-order valence-electron chi connectivity index (χ4n) is 4.72. The van der Waals surface area contributed by atoms with Crippen LogP contribution in [0.15, 0.2) is 71.1 Å². The van der Waals surface area contributed by atoms with E-state index in [0.717, 1.165) is 10.5 Å². The van der Waals surface area contributed by atoms with E-state index in [4.69, 9.17) is 10.5 Å². The van der Waals surface area contributed by atoms with Crippen LogP contribution in [0.3, 0.4) is 0 Å². The van der Waals surface area contributed by atoms with Gasteiger partial charge in [-0.05, 0) is 74.9 Å². The van der Waals surface area contributed by atoms with Gasteiger partial charge in [-0.3, -0.25) is 24.0 Å². The van der Waals surface area contributed by atoms with Gasteiger partial charge in [0.05, 0.1) is 0 Å². The zero-order chi connectivity index (χ0) is 35.0. The van der Waals surface area contributed by atoms with Crippen LogP contribution in [0.5, 0.6) is 0 Å². The Morgan fingerprint density at radius 3 is 2.00 bits per heavy atom. The molecule has 2 aromatic carbocycles. The molecule has 0 radical (unpaired) electrons. The molecule has 2 rings (SSSR count). The third-order valence-corrected chi connectivity index (χ3v) is 8.26. The Kier molecular flexibility index (Phi) is 12.9. The second kappa shape index (κ2) is 15.5. The number of rotatable bonds is 11. The fraction of sp³-hybridized carbons (Fsp3) is 0.486. The fourth-order valence-corrected chi connectivity index (χ4v) is 5.36. The molecule has 2 unspecified atom stereocenters. The smallest absolute Gasteiger partial charge is 0.410 e. The van der Waals surface area contributed by atoms with E-state index in [1.54, 1.807) is 53.0 Å². The minimum atomic E-state index is -1.02. The third kappa shape index (κ3) is 10.8. The van der Waals surface area contributed by atoms with Gasteiger partial charge in [-0.1, -0.05) is 71.0 Å². The number of benzene rings is 2. The first-order chi connectivity index (χ1) is 21.1. The summed E-state index contributed by atoms with van der Waals surface area (Å²) in [7, 11) is 3.16. The van der Waals surface area contributed by atoms with Crippen molar-refractivity contribution in [2.24, 2.45) is 5.41 Å². The third-order valence-electron chi connectivity index (χ3n) is 7.47. The van der Waals surface area contributed by atoms with Gasteiger partial charge in [0.2, 0.25) is 11.8 Å². The normalized spacial score (nSPS) is 13.7. The summed E-state index contributed by atoms with van der Waals surface area (Å²) in [5.74, 6) is -1.12. The number of nitrogens with one attached hydrogen (secondary N) is 2. The molecule has 0 saturated heterocycles. The molecule has 0 aromatic heterocycles. The molecule has 0 saturated carbocycles. The first kappa shape index (κ1) is 38.2. The van der Waals surface area contributed by atoms with Crippen molar-refractivity contribution in [2.75, 3.05) is 26.4 Å². The molecular formula is C35H51N5O5S. The number of carbonyl (C=O) groups excluding carboxylic acids is 4. The van der Waals surface area contributed by atoms with Gasteiger partial charge in [-0.25, -0.2) is 4.79 Å². The van der Waals surface area contributed by atoms with Crippen molar-refractivity contribution in [1.29, 1.82) is 0 Å². The van der Waals surface area contributed by atoms with Gasteiger partial charge >= 0.3 is 6.09 Å². The van der Waals surface area contributed by atoms with Crippen molar-refractivity contribution in [3.05, 3.63) is 71.8 Å². The average Bonchev–Trinajstić information content (AvgIpc) is 2.96. The molecule has 0 spiro atoms. The number of anilines is 1. The number of nitrogen functional groups attached to an aromatic ring is 1. The number of hydrogen-bond acceptors (Lipinski definition) is 7. The van der Waals surface area contributed by atoms with Crippen LogP contribution in [0.2, 0.25) is 0 Å². The molecule has 2 aromatic rings. The maximum Gasteiger partial charge on any atom is 0.410 e.